The van der Waals surface area contributed by atoms with Crippen LogP contribution in [0.4, 0.5) is 5.69 Å². The van der Waals surface area contributed by atoms with Crippen molar-refractivity contribution in [3.63, 3.8) is 0 Å². The van der Waals surface area contributed by atoms with Gasteiger partial charge in [0, 0.05) is 25.7 Å². The molecule has 0 unspecified atom stereocenters. The van der Waals surface area contributed by atoms with Gasteiger partial charge in [-0.25, -0.2) is 0 Å². The standard InChI is InChI=1S/C13H17N3O5/c14-8-10-1-2-11(16(18)19)12(7-10)21-9-13(17)15-3-5-20-6-4-15/h1-2,7H,3-6,8-9,14H2. The van der Waals surface area contributed by atoms with E-state index in [1.54, 1.807) is 11.0 Å². The Hall–Kier alpha value is -2.19. The van der Waals surface area contributed by atoms with Crippen LogP contribution in [-0.4, -0.2) is 48.6 Å². The van der Waals surface area contributed by atoms with E-state index in [1.807, 2.05) is 0 Å². The molecule has 1 aromatic rings. The fraction of sp³-hybridized carbons (Fsp3) is 0.462. The summed E-state index contributed by atoms with van der Waals surface area (Å²) in [5.41, 5.74) is 6.03. The molecule has 0 saturated carbocycles. The molecule has 1 amide bonds. The normalized spacial score (nSPS) is 14.8. The van der Waals surface area contributed by atoms with Crippen molar-refractivity contribution in [3.8, 4) is 5.75 Å². The molecule has 21 heavy (non-hydrogen) atoms. The lowest BCUT2D eigenvalue weighted by Gasteiger charge is -2.26. The molecular formula is C13H17N3O5. The van der Waals surface area contributed by atoms with Crippen LogP contribution >= 0.6 is 0 Å². The van der Waals surface area contributed by atoms with Crippen molar-refractivity contribution < 1.29 is 19.2 Å². The van der Waals surface area contributed by atoms with Gasteiger partial charge in [-0.15, -0.1) is 0 Å². The molecule has 1 aliphatic rings. The molecule has 1 heterocycles. The summed E-state index contributed by atoms with van der Waals surface area (Å²) in [6.45, 7) is 2.00. The van der Waals surface area contributed by atoms with Crippen LogP contribution < -0.4 is 10.5 Å². The second kappa shape index (κ2) is 7.00. The lowest BCUT2D eigenvalue weighted by atomic mass is 10.2. The highest BCUT2D eigenvalue weighted by atomic mass is 16.6. The summed E-state index contributed by atoms with van der Waals surface area (Å²) in [6.07, 6.45) is 0. The summed E-state index contributed by atoms with van der Waals surface area (Å²) in [5.74, 6) is -0.157. The highest BCUT2D eigenvalue weighted by Gasteiger charge is 2.20. The summed E-state index contributed by atoms with van der Waals surface area (Å²) >= 11 is 0. The van der Waals surface area contributed by atoms with Crippen molar-refractivity contribution in [1.82, 2.24) is 4.90 Å². The number of rotatable bonds is 5. The van der Waals surface area contributed by atoms with Gasteiger partial charge in [-0.1, -0.05) is 6.07 Å². The van der Waals surface area contributed by atoms with E-state index in [2.05, 4.69) is 0 Å². The van der Waals surface area contributed by atoms with Gasteiger partial charge in [0.2, 0.25) is 0 Å². The van der Waals surface area contributed by atoms with Crippen molar-refractivity contribution in [1.29, 1.82) is 0 Å². The predicted octanol–water partition coefficient (Wildman–Crippen LogP) is 0.291. The van der Waals surface area contributed by atoms with E-state index in [0.717, 1.165) is 0 Å². The summed E-state index contributed by atoms with van der Waals surface area (Å²) in [7, 11) is 0. The highest BCUT2D eigenvalue weighted by molar-refractivity contribution is 5.78. The third kappa shape index (κ3) is 3.89. The molecule has 0 aliphatic carbocycles. The van der Waals surface area contributed by atoms with Gasteiger partial charge in [0.15, 0.2) is 12.4 Å². The van der Waals surface area contributed by atoms with Gasteiger partial charge in [-0.2, -0.15) is 0 Å². The van der Waals surface area contributed by atoms with E-state index in [1.165, 1.54) is 12.1 Å². The van der Waals surface area contributed by atoms with Gasteiger partial charge >= 0.3 is 5.69 Å². The molecule has 2 N–H and O–H groups in total. The van der Waals surface area contributed by atoms with Crippen LogP contribution in [0.3, 0.4) is 0 Å². The average Bonchev–Trinajstić information content (AvgIpc) is 2.52. The summed E-state index contributed by atoms with van der Waals surface area (Å²) in [5, 5.41) is 11.0. The molecule has 0 aromatic heterocycles. The quantitative estimate of drug-likeness (QED) is 0.618. The Labute approximate surface area is 121 Å². The number of ether oxygens (including phenoxy) is 2. The van der Waals surface area contributed by atoms with Crippen molar-refractivity contribution in [2.75, 3.05) is 32.9 Å². The Morgan fingerprint density at radius 3 is 2.76 bits per heavy atom. The van der Waals surface area contributed by atoms with Gasteiger partial charge in [0.25, 0.3) is 5.91 Å². The summed E-state index contributed by atoms with van der Waals surface area (Å²) in [6, 6.07) is 4.39. The number of nitrogens with zero attached hydrogens (tertiary/aromatic N) is 2. The van der Waals surface area contributed by atoms with E-state index >= 15 is 0 Å². The third-order valence-electron chi connectivity index (χ3n) is 3.17. The third-order valence-corrected chi connectivity index (χ3v) is 3.17. The maximum absolute atomic E-state index is 12.0. The number of nitrogens with two attached hydrogens (primary N) is 1. The Bertz CT molecular complexity index is 529. The Morgan fingerprint density at radius 1 is 1.43 bits per heavy atom. The minimum atomic E-state index is -0.547. The van der Waals surface area contributed by atoms with Crippen molar-refractivity contribution >= 4 is 11.6 Å². The maximum Gasteiger partial charge on any atom is 0.310 e. The SMILES string of the molecule is NCc1ccc([N+](=O)[O-])c(OCC(=O)N2CCOCC2)c1. The first-order chi connectivity index (χ1) is 10.1. The monoisotopic (exact) mass is 295 g/mol. The number of nitro benzene ring substituents is 1. The molecule has 8 nitrogen and oxygen atoms in total. The molecule has 0 bridgehead atoms. The molecule has 0 spiro atoms. The fourth-order valence-corrected chi connectivity index (χ4v) is 2.00. The average molecular weight is 295 g/mol. The number of hydrogen-bond donors (Lipinski definition) is 1. The van der Waals surface area contributed by atoms with Crippen molar-refractivity contribution in [2.24, 2.45) is 5.73 Å². The second-order valence-corrected chi connectivity index (χ2v) is 4.55. The van der Waals surface area contributed by atoms with Crippen molar-refractivity contribution in [2.45, 2.75) is 6.54 Å². The first-order valence-corrected chi connectivity index (χ1v) is 6.57. The molecule has 1 aromatic carbocycles. The Morgan fingerprint density at radius 2 is 2.14 bits per heavy atom. The zero-order valence-electron chi connectivity index (χ0n) is 11.5. The number of amides is 1. The number of morpholine rings is 1. The molecule has 0 radical (unpaired) electrons. The Balaban J connectivity index is 2.04. The van der Waals surface area contributed by atoms with Crippen LogP contribution in [0.2, 0.25) is 0 Å². The van der Waals surface area contributed by atoms with E-state index in [0.29, 0.717) is 31.9 Å². The number of nitro groups is 1. The fourth-order valence-electron chi connectivity index (χ4n) is 2.00. The largest absolute Gasteiger partial charge is 0.477 e. The number of benzene rings is 1. The lowest BCUT2D eigenvalue weighted by molar-refractivity contribution is -0.385. The van der Waals surface area contributed by atoms with E-state index < -0.39 is 4.92 Å². The molecule has 1 fully saturated rings. The van der Waals surface area contributed by atoms with Crippen LogP contribution in [0.5, 0.6) is 5.75 Å². The van der Waals surface area contributed by atoms with E-state index in [4.69, 9.17) is 15.2 Å². The lowest BCUT2D eigenvalue weighted by Crippen LogP contribution is -2.43. The van der Waals surface area contributed by atoms with Crippen LogP contribution in [-0.2, 0) is 16.1 Å². The van der Waals surface area contributed by atoms with Crippen molar-refractivity contribution in [3.05, 3.63) is 33.9 Å². The van der Waals surface area contributed by atoms with Gasteiger partial charge in [-0.05, 0) is 11.6 Å². The molecule has 114 valence electrons. The minimum absolute atomic E-state index is 0.0598. The summed E-state index contributed by atoms with van der Waals surface area (Å²) < 4.78 is 10.5. The van der Waals surface area contributed by atoms with Gasteiger partial charge in [0.1, 0.15) is 0 Å². The minimum Gasteiger partial charge on any atom is -0.477 e. The van der Waals surface area contributed by atoms with Gasteiger partial charge < -0.3 is 20.1 Å². The first kappa shape index (κ1) is 15.2. The highest BCUT2D eigenvalue weighted by Crippen LogP contribution is 2.27. The van der Waals surface area contributed by atoms with Crippen LogP contribution in [0.25, 0.3) is 0 Å². The van der Waals surface area contributed by atoms with Gasteiger partial charge in [0.05, 0.1) is 18.1 Å². The second-order valence-electron chi connectivity index (χ2n) is 4.55. The molecule has 0 atom stereocenters. The van der Waals surface area contributed by atoms with E-state index in [-0.39, 0.29) is 30.5 Å². The van der Waals surface area contributed by atoms with E-state index in [9.17, 15) is 14.9 Å². The first-order valence-electron chi connectivity index (χ1n) is 6.57. The topological polar surface area (TPSA) is 108 Å². The zero-order valence-corrected chi connectivity index (χ0v) is 11.5. The Kier molecular flexibility index (Phi) is 5.07. The molecule has 1 aliphatic heterocycles. The summed E-state index contributed by atoms with van der Waals surface area (Å²) in [4.78, 5) is 24.0. The molecule has 2 rings (SSSR count). The van der Waals surface area contributed by atoms with Crippen LogP contribution in [0.15, 0.2) is 18.2 Å². The van der Waals surface area contributed by atoms with Crippen LogP contribution in [0.1, 0.15) is 5.56 Å². The number of carbonyl (C=O) groups excluding carboxylic acids is 1. The molecule has 8 heteroatoms. The van der Waals surface area contributed by atoms with Gasteiger partial charge in [-0.3, -0.25) is 14.9 Å². The predicted molar refractivity (Wildman–Crippen MR) is 73.9 cm³/mol. The van der Waals surface area contributed by atoms with Crippen LogP contribution in [0, 0.1) is 10.1 Å². The number of carbonyl (C=O) groups is 1. The maximum atomic E-state index is 12.0. The zero-order chi connectivity index (χ0) is 15.2. The molecular weight excluding hydrogens is 278 g/mol. The smallest absolute Gasteiger partial charge is 0.310 e. The number of hydrogen-bond acceptors (Lipinski definition) is 6. The molecule has 1 saturated heterocycles.